The summed E-state index contributed by atoms with van der Waals surface area (Å²) in [5, 5.41) is 15.8. The zero-order valence-electron chi connectivity index (χ0n) is 11.2. The highest BCUT2D eigenvalue weighted by Crippen LogP contribution is 2.17. The highest BCUT2D eigenvalue weighted by molar-refractivity contribution is 5.98. The lowest BCUT2D eigenvalue weighted by atomic mass is 10.1. The van der Waals surface area contributed by atoms with Crippen LogP contribution in [0, 0.1) is 0 Å². The van der Waals surface area contributed by atoms with Crippen molar-refractivity contribution in [1.82, 2.24) is 15.1 Å². The molecule has 0 saturated carbocycles. The fourth-order valence-electron chi connectivity index (χ4n) is 1.89. The van der Waals surface area contributed by atoms with E-state index < -0.39 is 0 Å². The Morgan fingerprint density at radius 2 is 2.28 bits per heavy atom. The molecule has 0 saturated heterocycles. The van der Waals surface area contributed by atoms with E-state index in [2.05, 4.69) is 10.4 Å². The van der Waals surface area contributed by atoms with Gasteiger partial charge in [-0.25, -0.2) is 0 Å². The van der Waals surface area contributed by atoms with Crippen molar-refractivity contribution in [1.29, 1.82) is 0 Å². The summed E-state index contributed by atoms with van der Waals surface area (Å²) in [6, 6.07) is 0.00373. The van der Waals surface area contributed by atoms with Gasteiger partial charge in [0.1, 0.15) is 5.69 Å². The predicted octanol–water partition coefficient (Wildman–Crippen LogP) is 0.456. The van der Waals surface area contributed by atoms with E-state index in [9.17, 15) is 4.79 Å². The molecule has 0 radical (unpaired) electrons. The van der Waals surface area contributed by atoms with Gasteiger partial charge in [-0.3, -0.25) is 9.48 Å². The molecule has 1 heterocycles. The van der Waals surface area contributed by atoms with Gasteiger partial charge in [-0.1, -0.05) is 6.92 Å². The summed E-state index contributed by atoms with van der Waals surface area (Å²) in [6.45, 7) is 3.99. The molecule has 0 aliphatic rings. The summed E-state index contributed by atoms with van der Waals surface area (Å²) in [7, 11) is 1.71. The first-order valence-corrected chi connectivity index (χ1v) is 6.24. The number of anilines is 1. The molecule has 0 aromatic carbocycles. The molecule has 0 aliphatic carbocycles. The van der Waals surface area contributed by atoms with Crippen molar-refractivity contribution in [2.45, 2.75) is 39.2 Å². The Morgan fingerprint density at radius 3 is 2.78 bits per heavy atom. The molecule has 1 rings (SSSR count). The van der Waals surface area contributed by atoms with Gasteiger partial charge in [0.25, 0.3) is 5.91 Å². The topological polar surface area (TPSA) is 93.2 Å². The smallest absolute Gasteiger partial charge is 0.271 e. The number of aliphatic hydroxyl groups excluding tert-OH is 1. The number of nitrogens with two attached hydrogens (primary N) is 1. The number of aromatic nitrogens is 2. The molecule has 102 valence electrons. The van der Waals surface area contributed by atoms with Gasteiger partial charge in [0, 0.05) is 19.7 Å². The van der Waals surface area contributed by atoms with Crippen LogP contribution in [-0.4, -0.2) is 33.4 Å². The van der Waals surface area contributed by atoms with Crippen molar-refractivity contribution in [3.63, 3.8) is 0 Å². The number of nitrogens with zero attached hydrogens (tertiary/aromatic N) is 2. The first kappa shape index (κ1) is 14.5. The molecule has 1 aromatic heterocycles. The highest BCUT2D eigenvalue weighted by Gasteiger charge is 2.20. The normalized spacial score (nSPS) is 12.4. The molecule has 0 bridgehead atoms. The first-order valence-electron chi connectivity index (χ1n) is 6.24. The Balaban J connectivity index is 2.75. The van der Waals surface area contributed by atoms with Crippen molar-refractivity contribution in [2.75, 3.05) is 12.3 Å². The van der Waals surface area contributed by atoms with Crippen molar-refractivity contribution < 1.29 is 9.90 Å². The average Bonchev–Trinajstić information content (AvgIpc) is 2.61. The van der Waals surface area contributed by atoms with E-state index in [1.807, 2.05) is 13.8 Å². The second kappa shape index (κ2) is 6.39. The van der Waals surface area contributed by atoms with Crippen LogP contribution in [0.1, 0.15) is 42.9 Å². The van der Waals surface area contributed by atoms with Gasteiger partial charge in [0.15, 0.2) is 0 Å². The molecule has 1 amide bonds. The summed E-state index contributed by atoms with van der Waals surface area (Å²) in [5.41, 5.74) is 7.50. The Bertz CT molecular complexity index is 414. The minimum Gasteiger partial charge on any atom is -0.396 e. The van der Waals surface area contributed by atoms with E-state index >= 15 is 0 Å². The standard InChI is InChI=1S/C12H22N4O2/c1-4-9-10(13)11(16(3)15-9)12(18)14-8(2)6-5-7-17/h8,17H,4-7,13H2,1-3H3,(H,14,18). The summed E-state index contributed by atoms with van der Waals surface area (Å²) < 4.78 is 1.52. The minimum atomic E-state index is -0.215. The SMILES string of the molecule is CCc1nn(C)c(C(=O)NC(C)CCCO)c1N. The maximum absolute atomic E-state index is 12.1. The predicted molar refractivity (Wildman–Crippen MR) is 70.2 cm³/mol. The molecule has 6 heteroatoms. The molecule has 0 fully saturated rings. The minimum absolute atomic E-state index is 0.00373. The van der Waals surface area contributed by atoms with Gasteiger partial charge in [-0.15, -0.1) is 0 Å². The van der Waals surface area contributed by atoms with Gasteiger partial charge in [0.05, 0.1) is 11.4 Å². The molecule has 1 atom stereocenters. The largest absolute Gasteiger partial charge is 0.396 e. The fourth-order valence-corrected chi connectivity index (χ4v) is 1.89. The Morgan fingerprint density at radius 1 is 1.61 bits per heavy atom. The van der Waals surface area contributed by atoms with Crippen LogP contribution in [0.25, 0.3) is 0 Å². The van der Waals surface area contributed by atoms with Crippen LogP contribution >= 0.6 is 0 Å². The van der Waals surface area contributed by atoms with Crippen LogP contribution < -0.4 is 11.1 Å². The molecule has 0 aliphatic heterocycles. The van der Waals surface area contributed by atoms with Crippen LogP contribution in [0.2, 0.25) is 0 Å². The average molecular weight is 254 g/mol. The van der Waals surface area contributed by atoms with Gasteiger partial charge >= 0.3 is 0 Å². The van der Waals surface area contributed by atoms with E-state index in [1.165, 1.54) is 4.68 Å². The number of hydrogen-bond acceptors (Lipinski definition) is 4. The van der Waals surface area contributed by atoms with Crippen LogP contribution in [-0.2, 0) is 13.5 Å². The Hall–Kier alpha value is -1.56. The van der Waals surface area contributed by atoms with E-state index in [1.54, 1.807) is 7.05 Å². The highest BCUT2D eigenvalue weighted by atomic mass is 16.3. The van der Waals surface area contributed by atoms with Crippen LogP contribution in [0.15, 0.2) is 0 Å². The van der Waals surface area contributed by atoms with E-state index in [-0.39, 0.29) is 18.6 Å². The number of carbonyl (C=O) groups excluding carboxylic acids is 1. The van der Waals surface area contributed by atoms with Crippen molar-refractivity contribution in [3.05, 3.63) is 11.4 Å². The Labute approximate surface area is 107 Å². The third-order valence-electron chi connectivity index (χ3n) is 2.88. The van der Waals surface area contributed by atoms with Crippen LogP contribution in [0.3, 0.4) is 0 Å². The maximum atomic E-state index is 12.1. The van der Waals surface area contributed by atoms with E-state index in [0.717, 1.165) is 12.1 Å². The van der Waals surface area contributed by atoms with Gasteiger partial charge in [-0.05, 0) is 26.2 Å². The van der Waals surface area contributed by atoms with Crippen molar-refractivity contribution in [2.24, 2.45) is 7.05 Å². The molecule has 18 heavy (non-hydrogen) atoms. The van der Waals surface area contributed by atoms with Crippen molar-refractivity contribution in [3.8, 4) is 0 Å². The molecule has 4 N–H and O–H groups in total. The van der Waals surface area contributed by atoms with Crippen molar-refractivity contribution >= 4 is 11.6 Å². The number of aliphatic hydroxyl groups is 1. The lowest BCUT2D eigenvalue weighted by Crippen LogP contribution is -2.34. The number of hydrogen-bond donors (Lipinski definition) is 3. The first-order chi connectivity index (χ1) is 8.51. The third-order valence-corrected chi connectivity index (χ3v) is 2.88. The molecule has 0 spiro atoms. The lowest BCUT2D eigenvalue weighted by Gasteiger charge is -2.13. The summed E-state index contributed by atoms with van der Waals surface area (Å²) in [6.07, 6.45) is 2.11. The monoisotopic (exact) mass is 254 g/mol. The summed E-state index contributed by atoms with van der Waals surface area (Å²) in [4.78, 5) is 12.1. The number of carbonyl (C=O) groups is 1. The zero-order chi connectivity index (χ0) is 13.7. The maximum Gasteiger partial charge on any atom is 0.271 e. The number of amides is 1. The number of nitrogens with one attached hydrogen (secondary N) is 1. The quantitative estimate of drug-likeness (QED) is 0.687. The second-order valence-electron chi connectivity index (χ2n) is 4.43. The zero-order valence-corrected chi connectivity index (χ0v) is 11.2. The fraction of sp³-hybridized carbons (Fsp3) is 0.667. The van der Waals surface area contributed by atoms with Gasteiger partial charge in [0.2, 0.25) is 0 Å². The molecular formula is C12H22N4O2. The van der Waals surface area contributed by atoms with Gasteiger partial charge in [-0.2, -0.15) is 5.10 Å². The molecular weight excluding hydrogens is 232 g/mol. The third kappa shape index (κ3) is 3.22. The number of nitrogen functional groups attached to an aromatic ring is 1. The number of rotatable bonds is 6. The Kier molecular flexibility index (Phi) is 5.15. The molecule has 1 aromatic rings. The summed E-state index contributed by atoms with van der Waals surface area (Å²) in [5.74, 6) is -0.215. The molecule has 6 nitrogen and oxygen atoms in total. The number of aryl methyl sites for hydroxylation is 2. The van der Waals surface area contributed by atoms with E-state index in [4.69, 9.17) is 10.8 Å². The molecule has 1 unspecified atom stereocenters. The van der Waals surface area contributed by atoms with Crippen LogP contribution in [0.4, 0.5) is 5.69 Å². The van der Waals surface area contributed by atoms with Crippen LogP contribution in [0.5, 0.6) is 0 Å². The lowest BCUT2D eigenvalue weighted by molar-refractivity contribution is 0.0928. The van der Waals surface area contributed by atoms with Gasteiger partial charge < -0.3 is 16.2 Å². The van der Waals surface area contributed by atoms with E-state index in [0.29, 0.717) is 24.2 Å². The second-order valence-corrected chi connectivity index (χ2v) is 4.43. The summed E-state index contributed by atoms with van der Waals surface area (Å²) >= 11 is 0.